The summed E-state index contributed by atoms with van der Waals surface area (Å²) in [5.41, 5.74) is -3.61. The van der Waals surface area contributed by atoms with E-state index in [2.05, 4.69) is 47.8 Å². The summed E-state index contributed by atoms with van der Waals surface area (Å²) in [7, 11) is 3.19. The number of imidazole rings is 3. The molecular formula is C42H68ClF9IN9O4. The molecule has 0 spiro atoms. The summed E-state index contributed by atoms with van der Waals surface area (Å²) in [6.45, 7) is 14.2. The number of halogens is 11. The fourth-order valence-corrected chi connectivity index (χ4v) is 7.07. The van der Waals surface area contributed by atoms with Crippen LogP contribution in [0.15, 0.2) is 18.6 Å². The Morgan fingerprint density at radius 1 is 0.621 bits per heavy atom. The number of likely N-dealkylation sites (tertiary alicyclic amines) is 2. The molecule has 2 N–H and O–H groups in total. The SMILES string of the molecule is C.C.CC(C)(C)OC(=O)N1CCC(c2ncc(C(F)(F)F)[nH]2)CC1.CI.Cl.Cn1cc(C(F)(F)F)nc1C1CCN(C(=O)OC(C)(C)C)CC1.Cn1cc(C(F)(F)F)nc1C1CCNCC1. The van der Waals surface area contributed by atoms with Gasteiger partial charge in [-0.15, -0.1) is 12.4 Å². The third kappa shape index (κ3) is 19.3. The number of hydrogen-bond donors (Lipinski definition) is 2. The molecule has 3 fully saturated rings. The molecule has 13 nitrogen and oxygen atoms in total. The van der Waals surface area contributed by atoms with Crippen LogP contribution >= 0.6 is 35.0 Å². The predicted molar refractivity (Wildman–Crippen MR) is 245 cm³/mol. The van der Waals surface area contributed by atoms with Crippen molar-refractivity contribution in [1.82, 2.24) is 44.2 Å². The number of nitrogens with zero attached hydrogens (tertiary/aromatic N) is 7. The van der Waals surface area contributed by atoms with Crippen molar-refractivity contribution in [3.63, 3.8) is 0 Å². The highest BCUT2D eigenvalue weighted by Gasteiger charge is 2.38. The van der Waals surface area contributed by atoms with Crippen molar-refractivity contribution in [1.29, 1.82) is 0 Å². The molecule has 0 radical (unpaired) electrons. The molecule has 382 valence electrons. The van der Waals surface area contributed by atoms with Crippen LogP contribution in [0.3, 0.4) is 0 Å². The smallest absolute Gasteiger partial charge is 0.434 e. The van der Waals surface area contributed by atoms with Gasteiger partial charge in [0.2, 0.25) is 0 Å². The van der Waals surface area contributed by atoms with Crippen LogP contribution in [0.1, 0.15) is 147 Å². The normalized spacial score (nSPS) is 16.7. The van der Waals surface area contributed by atoms with Gasteiger partial charge in [0.15, 0.2) is 11.4 Å². The van der Waals surface area contributed by atoms with E-state index >= 15 is 0 Å². The summed E-state index contributed by atoms with van der Waals surface area (Å²) in [6.07, 6.45) is -7.12. The number of nitrogens with one attached hydrogen (secondary N) is 2. The number of aromatic nitrogens is 6. The summed E-state index contributed by atoms with van der Waals surface area (Å²) < 4.78 is 127. The van der Waals surface area contributed by atoms with Gasteiger partial charge in [-0.05, 0) is 98.1 Å². The molecule has 0 atom stereocenters. The predicted octanol–water partition coefficient (Wildman–Crippen LogP) is 11.7. The second kappa shape index (κ2) is 25.8. The molecular weight excluding hydrogens is 1030 g/mol. The van der Waals surface area contributed by atoms with Crippen molar-refractivity contribution in [2.24, 2.45) is 14.1 Å². The van der Waals surface area contributed by atoms with Gasteiger partial charge in [0.1, 0.15) is 34.4 Å². The molecule has 3 aliphatic heterocycles. The summed E-state index contributed by atoms with van der Waals surface area (Å²) in [5.74, 6) is 1.25. The molecule has 6 rings (SSSR count). The van der Waals surface area contributed by atoms with Crippen molar-refractivity contribution in [2.75, 3.05) is 44.2 Å². The maximum atomic E-state index is 12.7. The Labute approximate surface area is 402 Å². The summed E-state index contributed by atoms with van der Waals surface area (Å²) in [4.78, 5) is 42.7. The lowest BCUT2D eigenvalue weighted by atomic mass is 9.96. The van der Waals surface area contributed by atoms with E-state index in [0.29, 0.717) is 69.3 Å². The zero-order chi connectivity index (χ0) is 47.7. The Morgan fingerprint density at radius 3 is 1.27 bits per heavy atom. The Balaban J connectivity index is 0.000000934. The minimum Gasteiger partial charge on any atom is -0.444 e. The molecule has 2 amide bonds. The molecule has 24 heteroatoms. The van der Waals surface area contributed by atoms with Gasteiger partial charge in [-0.25, -0.2) is 24.5 Å². The first-order chi connectivity index (χ1) is 29.0. The van der Waals surface area contributed by atoms with E-state index in [1.807, 2.05) is 4.93 Å². The number of ether oxygens (including phenoxy) is 2. The summed E-state index contributed by atoms with van der Waals surface area (Å²) >= 11 is 2.15. The molecule has 6 heterocycles. The topological polar surface area (TPSA) is 135 Å². The number of amides is 2. The van der Waals surface area contributed by atoms with Crippen LogP contribution in [-0.4, -0.2) is 106 Å². The fourth-order valence-electron chi connectivity index (χ4n) is 7.07. The molecule has 3 aromatic rings. The van der Waals surface area contributed by atoms with Gasteiger partial charge in [0.05, 0.1) is 6.20 Å². The van der Waals surface area contributed by atoms with Crippen molar-refractivity contribution in [3.05, 3.63) is 53.1 Å². The van der Waals surface area contributed by atoms with E-state index in [-0.39, 0.29) is 57.2 Å². The monoisotopic (exact) mass is 1100 g/mol. The van der Waals surface area contributed by atoms with Crippen molar-refractivity contribution < 1.29 is 58.6 Å². The number of H-pyrrole nitrogens is 1. The van der Waals surface area contributed by atoms with Crippen molar-refractivity contribution >= 4 is 47.2 Å². The van der Waals surface area contributed by atoms with Gasteiger partial charge < -0.3 is 38.7 Å². The second-order valence-corrected chi connectivity index (χ2v) is 17.4. The average molecular weight is 1100 g/mol. The van der Waals surface area contributed by atoms with Gasteiger partial charge in [-0.3, -0.25) is 0 Å². The van der Waals surface area contributed by atoms with E-state index in [1.165, 1.54) is 9.13 Å². The number of rotatable bonds is 3. The Bertz CT molecular complexity index is 1900. The lowest BCUT2D eigenvalue weighted by molar-refractivity contribution is -0.141. The first-order valence-electron chi connectivity index (χ1n) is 20.4. The van der Waals surface area contributed by atoms with Crippen molar-refractivity contribution in [2.45, 2.75) is 142 Å². The molecule has 0 aliphatic carbocycles. The molecule has 0 bridgehead atoms. The van der Waals surface area contributed by atoms with Crippen LogP contribution in [0, 0.1) is 0 Å². The minimum atomic E-state index is -4.44. The molecule has 0 unspecified atom stereocenters. The molecule has 0 aromatic carbocycles. The number of alkyl halides is 10. The number of carbonyl (C=O) groups excluding carboxylic acids is 2. The van der Waals surface area contributed by atoms with E-state index < -0.39 is 46.8 Å². The van der Waals surface area contributed by atoms with Crippen LogP contribution in [0.4, 0.5) is 49.1 Å². The lowest BCUT2D eigenvalue weighted by Gasteiger charge is -2.33. The van der Waals surface area contributed by atoms with Crippen LogP contribution in [0.25, 0.3) is 0 Å². The molecule has 3 aliphatic rings. The number of carbonyl (C=O) groups is 2. The number of aromatic amines is 1. The zero-order valence-electron chi connectivity index (χ0n) is 37.4. The lowest BCUT2D eigenvalue weighted by Crippen LogP contribution is -2.41. The average Bonchev–Trinajstić information content (AvgIpc) is 3.94. The number of piperidine rings is 3. The van der Waals surface area contributed by atoms with E-state index in [9.17, 15) is 49.1 Å². The molecule has 3 aromatic heterocycles. The third-order valence-corrected chi connectivity index (χ3v) is 10.1. The highest BCUT2D eigenvalue weighted by atomic mass is 127. The van der Waals surface area contributed by atoms with Gasteiger partial charge in [0, 0.05) is 70.4 Å². The van der Waals surface area contributed by atoms with Crippen LogP contribution in [-0.2, 0) is 42.1 Å². The summed E-state index contributed by atoms with van der Waals surface area (Å²) in [5, 5.41) is 3.18. The third-order valence-electron chi connectivity index (χ3n) is 10.1. The highest BCUT2D eigenvalue weighted by molar-refractivity contribution is 14.1. The van der Waals surface area contributed by atoms with E-state index in [4.69, 9.17) is 9.47 Å². The largest absolute Gasteiger partial charge is 0.444 e. The molecule has 3 saturated heterocycles. The Morgan fingerprint density at radius 2 is 0.970 bits per heavy atom. The summed E-state index contributed by atoms with van der Waals surface area (Å²) in [6, 6.07) is 0. The zero-order valence-corrected chi connectivity index (χ0v) is 40.4. The van der Waals surface area contributed by atoms with Gasteiger partial charge in [-0.1, -0.05) is 37.4 Å². The standard InChI is InChI=1S/C15H22F3N3O2.C14H20F3N3O2.C10H14F3N3.CH3I.2CH4.ClH/c1-14(2,3)23-13(22)21-7-5-10(6-8-21)12-19-11(9-20(12)4)15(16,17)18;1-13(2,3)22-12(21)20-6-4-9(5-7-20)11-18-8-10(19-11)14(15,16)17;1-16-6-8(10(11,12)13)15-9(16)7-2-4-14-5-3-7;1-2;;;/h9-10H,5-8H2,1-4H3;8-9H,4-7H2,1-3H3,(H,18,19);6-7,14H,2-5H2,1H3;1H3;2*1H4;1H. The minimum absolute atomic E-state index is 0. The van der Waals surface area contributed by atoms with Gasteiger partial charge in [0.25, 0.3) is 0 Å². The Hall–Kier alpha value is -3.48. The van der Waals surface area contributed by atoms with Crippen molar-refractivity contribution in [3.8, 4) is 0 Å². The van der Waals surface area contributed by atoms with Crippen LogP contribution < -0.4 is 5.32 Å². The van der Waals surface area contributed by atoms with E-state index in [1.54, 1.807) is 65.4 Å². The van der Waals surface area contributed by atoms with Gasteiger partial charge in [-0.2, -0.15) is 39.5 Å². The quantitative estimate of drug-likeness (QED) is 0.150. The first-order valence-corrected chi connectivity index (χ1v) is 22.5. The van der Waals surface area contributed by atoms with E-state index in [0.717, 1.165) is 44.5 Å². The number of hydrogen-bond acceptors (Lipinski definition) is 8. The second-order valence-electron chi connectivity index (χ2n) is 17.4. The highest BCUT2D eigenvalue weighted by Crippen LogP contribution is 2.35. The molecule has 66 heavy (non-hydrogen) atoms. The maximum Gasteiger partial charge on any atom is 0.434 e. The first kappa shape index (κ1) is 62.5. The number of aryl methyl sites for hydroxylation is 2. The van der Waals surface area contributed by atoms with Crippen LogP contribution in [0.5, 0.6) is 0 Å². The van der Waals surface area contributed by atoms with Crippen LogP contribution in [0.2, 0.25) is 0 Å². The maximum absolute atomic E-state index is 12.7. The molecule has 0 saturated carbocycles. The van der Waals surface area contributed by atoms with Gasteiger partial charge >= 0.3 is 30.7 Å². The fraction of sp³-hybridized carbons (Fsp3) is 0.738. The Kier molecular flexibility index (Phi) is 24.4.